The van der Waals surface area contributed by atoms with Gasteiger partial charge < -0.3 is 10.3 Å². The first-order valence-electron chi connectivity index (χ1n) is 5.98. The quantitative estimate of drug-likeness (QED) is 0.892. The Balaban J connectivity index is 1.92. The first kappa shape index (κ1) is 11.9. The number of nitrogens with zero attached hydrogens (tertiary/aromatic N) is 1. The van der Waals surface area contributed by atoms with Crippen LogP contribution in [0.15, 0.2) is 28.9 Å². The molecule has 2 N–H and O–H groups in total. The Kier molecular flexibility index (Phi) is 3.18. The number of aromatic amines is 1. The highest BCUT2D eigenvalue weighted by Crippen LogP contribution is 2.27. The molecule has 5 heteroatoms. The SMILES string of the molecule is Fc1cc(Br)ccc1-c1cnc(C2CCCN2)[nH]1. The van der Waals surface area contributed by atoms with Crippen molar-refractivity contribution in [1.82, 2.24) is 15.3 Å². The lowest BCUT2D eigenvalue weighted by atomic mass is 10.1. The van der Waals surface area contributed by atoms with Gasteiger partial charge in [0.05, 0.1) is 17.9 Å². The molecule has 2 heterocycles. The number of hydrogen-bond acceptors (Lipinski definition) is 2. The van der Waals surface area contributed by atoms with E-state index in [2.05, 4.69) is 31.2 Å². The fraction of sp³-hybridized carbons (Fsp3) is 0.308. The molecule has 1 saturated heterocycles. The highest BCUT2D eigenvalue weighted by molar-refractivity contribution is 9.10. The van der Waals surface area contributed by atoms with Gasteiger partial charge in [-0.15, -0.1) is 0 Å². The molecule has 1 aromatic carbocycles. The average Bonchev–Trinajstić information content (AvgIpc) is 2.99. The van der Waals surface area contributed by atoms with Crippen molar-refractivity contribution in [2.45, 2.75) is 18.9 Å². The van der Waals surface area contributed by atoms with Crippen LogP contribution < -0.4 is 5.32 Å². The molecule has 0 saturated carbocycles. The number of halogens is 2. The maximum absolute atomic E-state index is 13.8. The van der Waals surface area contributed by atoms with E-state index in [9.17, 15) is 4.39 Å². The summed E-state index contributed by atoms with van der Waals surface area (Å²) in [5.74, 6) is 0.642. The lowest BCUT2D eigenvalue weighted by Gasteiger charge is -2.05. The van der Waals surface area contributed by atoms with Crippen LogP contribution in [0.3, 0.4) is 0 Å². The maximum atomic E-state index is 13.8. The summed E-state index contributed by atoms with van der Waals surface area (Å²) in [5.41, 5.74) is 1.28. The van der Waals surface area contributed by atoms with Crippen molar-refractivity contribution in [3.05, 3.63) is 40.5 Å². The Morgan fingerprint density at radius 2 is 2.28 bits per heavy atom. The first-order valence-corrected chi connectivity index (χ1v) is 6.77. The van der Waals surface area contributed by atoms with Crippen molar-refractivity contribution in [3.63, 3.8) is 0 Å². The van der Waals surface area contributed by atoms with Gasteiger partial charge in [0.1, 0.15) is 11.6 Å². The predicted octanol–water partition coefficient (Wildman–Crippen LogP) is 3.40. The number of nitrogens with one attached hydrogen (secondary N) is 2. The molecule has 18 heavy (non-hydrogen) atoms. The Morgan fingerprint density at radius 3 is 3.00 bits per heavy atom. The number of hydrogen-bond donors (Lipinski definition) is 2. The third-order valence-corrected chi connectivity index (χ3v) is 3.70. The van der Waals surface area contributed by atoms with Crippen molar-refractivity contribution in [3.8, 4) is 11.3 Å². The molecule has 3 nitrogen and oxygen atoms in total. The molecule has 3 rings (SSSR count). The fourth-order valence-corrected chi connectivity index (χ4v) is 2.61. The Bertz CT molecular complexity index is 561. The minimum atomic E-state index is -0.251. The zero-order valence-corrected chi connectivity index (χ0v) is 11.3. The molecule has 2 aromatic rings. The molecule has 1 aliphatic heterocycles. The summed E-state index contributed by atoms with van der Waals surface area (Å²) in [6, 6.07) is 5.31. The molecule has 94 valence electrons. The van der Waals surface area contributed by atoms with E-state index in [0.29, 0.717) is 5.56 Å². The van der Waals surface area contributed by atoms with Crippen LogP contribution in [0.25, 0.3) is 11.3 Å². The van der Waals surface area contributed by atoms with E-state index in [1.165, 1.54) is 6.07 Å². The van der Waals surface area contributed by atoms with E-state index in [-0.39, 0.29) is 11.9 Å². The van der Waals surface area contributed by atoms with E-state index < -0.39 is 0 Å². The third kappa shape index (κ3) is 2.20. The second-order valence-electron chi connectivity index (χ2n) is 4.46. The van der Waals surface area contributed by atoms with Crippen LogP contribution in [0.1, 0.15) is 24.7 Å². The molecule has 0 bridgehead atoms. The number of aromatic nitrogens is 2. The summed E-state index contributed by atoms with van der Waals surface area (Å²) in [6.45, 7) is 1.02. The third-order valence-electron chi connectivity index (χ3n) is 3.21. The predicted molar refractivity (Wildman–Crippen MR) is 71.7 cm³/mol. The highest BCUT2D eigenvalue weighted by atomic mass is 79.9. The van der Waals surface area contributed by atoms with Crippen LogP contribution in [-0.4, -0.2) is 16.5 Å². The van der Waals surface area contributed by atoms with Gasteiger partial charge >= 0.3 is 0 Å². The van der Waals surface area contributed by atoms with Crippen LogP contribution in [0.2, 0.25) is 0 Å². The van der Waals surface area contributed by atoms with Crippen LogP contribution in [0.4, 0.5) is 4.39 Å². The number of imidazole rings is 1. The molecule has 1 atom stereocenters. The Morgan fingerprint density at radius 1 is 1.39 bits per heavy atom. The van der Waals surface area contributed by atoms with E-state index >= 15 is 0 Å². The zero-order valence-electron chi connectivity index (χ0n) is 9.71. The van der Waals surface area contributed by atoms with Gasteiger partial charge in [-0.2, -0.15) is 0 Å². The van der Waals surface area contributed by atoms with E-state index in [1.54, 1.807) is 12.3 Å². The lowest BCUT2D eigenvalue weighted by Crippen LogP contribution is -2.14. The summed E-state index contributed by atoms with van der Waals surface area (Å²) < 4.78 is 14.6. The summed E-state index contributed by atoms with van der Waals surface area (Å²) in [5, 5.41) is 3.37. The lowest BCUT2D eigenvalue weighted by molar-refractivity contribution is 0.612. The van der Waals surface area contributed by atoms with Gasteiger partial charge in [0, 0.05) is 10.0 Å². The normalized spacial score (nSPS) is 19.3. The molecule has 1 aromatic heterocycles. The Labute approximate surface area is 113 Å². The van der Waals surface area contributed by atoms with Gasteiger partial charge in [-0.3, -0.25) is 0 Å². The van der Waals surface area contributed by atoms with Crippen LogP contribution in [-0.2, 0) is 0 Å². The van der Waals surface area contributed by atoms with Crippen LogP contribution in [0.5, 0.6) is 0 Å². The smallest absolute Gasteiger partial charge is 0.133 e. The maximum Gasteiger partial charge on any atom is 0.133 e. The monoisotopic (exact) mass is 309 g/mol. The number of H-pyrrole nitrogens is 1. The van der Waals surface area contributed by atoms with Crippen molar-refractivity contribution in [2.75, 3.05) is 6.54 Å². The standard InChI is InChI=1S/C13H13BrFN3/c14-8-3-4-9(10(15)6-8)12-7-17-13(18-12)11-2-1-5-16-11/h3-4,6-7,11,16H,1-2,5H2,(H,17,18). The van der Waals surface area contributed by atoms with Gasteiger partial charge in [0.15, 0.2) is 0 Å². The molecule has 1 unspecified atom stereocenters. The second kappa shape index (κ2) is 4.82. The first-order chi connectivity index (χ1) is 8.74. The molecule has 0 radical (unpaired) electrons. The van der Waals surface area contributed by atoms with Crippen LogP contribution >= 0.6 is 15.9 Å². The van der Waals surface area contributed by atoms with Gasteiger partial charge in [-0.25, -0.2) is 9.37 Å². The molecule has 1 fully saturated rings. The molecular weight excluding hydrogens is 297 g/mol. The van der Waals surface area contributed by atoms with Crippen molar-refractivity contribution >= 4 is 15.9 Å². The van der Waals surface area contributed by atoms with Gasteiger partial charge in [0.2, 0.25) is 0 Å². The van der Waals surface area contributed by atoms with Crippen LogP contribution in [0, 0.1) is 5.82 Å². The van der Waals surface area contributed by atoms with Gasteiger partial charge in [-0.05, 0) is 37.6 Å². The number of benzene rings is 1. The summed E-state index contributed by atoms with van der Waals surface area (Å²) in [7, 11) is 0. The molecule has 0 amide bonds. The highest BCUT2D eigenvalue weighted by Gasteiger charge is 2.19. The zero-order chi connectivity index (χ0) is 12.5. The minimum Gasteiger partial charge on any atom is -0.341 e. The van der Waals surface area contributed by atoms with E-state index in [0.717, 1.165) is 35.4 Å². The summed E-state index contributed by atoms with van der Waals surface area (Å²) in [4.78, 5) is 7.54. The van der Waals surface area contributed by atoms with Gasteiger partial charge in [-0.1, -0.05) is 15.9 Å². The summed E-state index contributed by atoms with van der Waals surface area (Å²) in [6.07, 6.45) is 3.94. The Hall–Kier alpha value is -1.20. The summed E-state index contributed by atoms with van der Waals surface area (Å²) >= 11 is 3.25. The second-order valence-corrected chi connectivity index (χ2v) is 5.37. The van der Waals surface area contributed by atoms with Crippen molar-refractivity contribution in [1.29, 1.82) is 0 Å². The van der Waals surface area contributed by atoms with Crippen molar-refractivity contribution < 1.29 is 4.39 Å². The largest absolute Gasteiger partial charge is 0.341 e. The number of rotatable bonds is 2. The van der Waals surface area contributed by atoms with E-state index in [1.807, 2.05) is 6.07 Å². The van der Waals surface area contributed by atoms with Gasteiger partial charge in [0.25, 0.3) is 0 Å². The average molecular weight is 310 g/mol. The molecular formula is C13H13BrFN3. The molecule has 0 spiro atoms. The topological polar surface area (TPSA) is 40.7 Å². The van der Waals surface area contributed by atoms with E-state index in [4.69, 9.17) is 0 Å². The molecule has 0 aliphatic carbocycles. The molecule has 1 aliphatic rings. The fourth-order valence-electron chi connectivity index (χ4n) is 2.28. The van der Waals surface area contributed by atoms with Crippen molar-refractivity contribution in [2.24, 2.45) is 0 Å². The minimum absolute atomic E-state index is 0.251.